The molecule has 112 valence electrons. The Morgan fingerprint density at radius 3 is 2.65 bits per heavy atom. The van der Waals surface area contributed by atoms with E-state index in [4.69, 9.17) is 4.74 Å². The van der Waals surface area contributed by atoms with Crippen molar-refractivity contribution < 1.29 is 13.2 Å². The molecule has 5 heteroatoms. The van der Waals surface area contributed by atoms with Crippen molar-refractivity contribution in [3.63, 3.8) is 0 Å². The molecule has 1 aromatic rings. The van der Waals surface area contributed by atoms with Crippen molar-refractivity contribution in [3.8, 4) is 5.75 Å². The predicted octanol–water partition coefficient (Wildman–Crippen LogP) is 2.14. The molecule has 1 aliphatic heterocycles. The molecule has 0 aromatic heterocycles. The average Bonchev–Trinajstić information content (AvgIpc) is 2.77. The van der Waals surface area contributed by atoms with E-state index in [9.17, 15) is 8.42 Å². The third kappa shape index (κ3) is 4.21. The van der Waals surface area contributed by atoms with Crippen LogP contribution in [0.1, 0.15) is 31.7 Å². The van der Waals surface area contributed by atoms with E-state index < -0.39 is 9.84 Å². The molecule has 2 rings (SSSR count). The van der Waals surface area contributed by atoms with E-state index in [-0.39, 0.29) is 5.25 Å². The lowest BCUT2D eigenvalue weighted by atomic mass is 10.2. The summed E-state index contributed by atoms with van der Waals surface area (Å²) in [6, 6.07) is 7.94. The van der Waals surface area contributed by atoms with Crippen LogP contribution >= 0.6 is 0 Å². The first-order valence-electron chi connectivity index (χ1n) is 7.26. The number of rotatable bonds is 7. The summed E-state index contributed by atoms with van der Waals surface area (Å²) in [6.07, 6.45) is 2.59. The third-order valence-electron chi connectivity index (χ3n) is 3.56. The lowest BCUT2D eigenvalue weighted by molar-refractivity contribution is 0.317. The van der Waals surface area contributed by atoms with Crippen molar-refractivity contribution in [3.05, 3.63) is 29.8 Å². The van der Waals surface area contributed by atoms with Crippen LogP contribution < -0.4 is 10.1 Å². The molecule has 1 atom stereocenters. The van der Waals surface area contributed by atoms with Gasteiger partial charge in [-0.2, -0.15) is 0 Å². The maximum absolute atomic E-state index is 11.7. The minimum atomic E-state index is -2.84. The molecule has 1 saturated heterocycles. The normalized spacial score (nSPS) is 20.9. The molecular formula is C15H23NO3S. The molecule has 1 aliphatic rings. The van der Waals surface area contributed by atoms with Crippen molar-refractivity contribution in [2.24, 2.45) is 0 Å². The molecule has 4 nitrogen and oxygen atoms in total. The number of hydrogen-bond acceptors (Lipinski definition) is 4. The second-order valence-corrected chi connectivity index (χ2v) is 7.66. The lowest BCUT2D eigenvalue weighted by Gasteiger charge is -2.11. The van der Waals surface area contributed by atoms with Gasteiger partial charge in [0.25, 0.3) is 0 Å². The Hall–Kier alpha value is -1.07. The van der Waals surface area contributed by atoms with Crippen LogP contribution in [-0.4, -0.2) is 32.6 Å². The quantitative estimate of drug-likeness (QED) is 0.838. The van der Waals surface area contributed by atoms with Crippen LogP contribution in [0.2, 0.25) is 0 Å². The Labute approximate surface area is 121 Å². The largest absolute Gasteiger partial charge is 0.494 e. The van der Waals surface area contributed by atoms with Crippen molar-refractivity contribution in [2.75, 3.05) is 18.9 Å². The van der Waals surface area contributed by atoms with Gasteiger partial charge in [0.15, 0.2) is 9.84 Å². The lowest BCUT2D eigenvalue weighted by Crippen LogP contribution is -2.30. The maximum atomic E-state index is 11.7. The summed E-state index contributed by atoms with van der Waals surface area (Å²) in [5, 5.41) is 3.04. The monoisotopic (exact) mass is 297 g/mol. The minimum absolute atomic E-state index is 0.199. The second kappa shape index (κ2) is 7.09. The van der Waals surface area contributed by atoms with Crippen LogP contribution in [0, 0.1) is 0 Å². The highest BCUT2D eigenvalue weighted by Gasteiger charge is 2.30. The molecule has 20 heavy (non-hydrogen) atoms. The Morgan fingerprint density at radius 2 is 2.05 bits per heavy atom. The summed E-state index contributed by atoms with van der Waals surface area (Å²) < 4.78 is 28.9. The minimum Gasteiger partial charge on any atom is -0.494 e. The third-order valence-corrected chi connectivity index (χ3v) is 5.84. The molecule has 1 heterocycles. The number of hydrogen-bond donors (Lipinski definition) is 1. The Morgan fingerprint density at radius 1 is 1.30 bits per heavy atom. The average molecular weight is 297 g/mol. The van der Waals surface area contributed by atoms with E-state index in [0.717, 1.165) is 37.2 Å². The summed E-state index contributed by atoms with van der Waals surface area (Å²) in [6.45, 7) is 4.06. The first kappa shape index (κ1) is 15.3. The topological polar surface area (TPSA) is 55.4 Å². The second-order valence-electron chi connectivity index (χ2n) is 5.25. The Balaban J connectivity index is 1.77. The first-order valence-corrected chi connectivity index (χ1v) is 8.97. The summed E-state index contributed by atoms with van der Waals surface area (Å²) >= 11 is 0. The van der Waals surface area contributed by atoms with E-state index >= 15 is 0 Å². The Kier molecular flexibility index (Phi) is 5.43. The van der Waals surface area contributed by atoms with Crippen molar-refractivity contribution >= 4 is 9.84 Å². The van der Waals surface area contributed by atoms with Gasteiger partial charge in [0.2, 0.25) is 0 Å². The van der Waals surface area contributed by atoms with Gasteiger partial charge in [0.1, 0.15) is 5.75 Å². The van der Waals surface area contributed by atoms with Gasteiger partial charge in [-0.15, -0.1) is 0 Å². The SMILES string of the molecule is CCCOc1ccc(CNCC2CCCS2(=O)=O)cc1. The molecule has 0 bridgehead atoms. The van der Waals surface area contributed by atoms with E-state index in [2.05, 4.69) is 12.2 Å². The van der Waals surface area contributed by atoms with Crippen LogP contribution in [0.25, 0.3) is 0 Å². The molecule has 1 N–H and O–H groups in total. The maximum Gasteiger partial charge on any atom is 0.154 e. The van der Waals surface area contributed by atoms with Gasteiger partial charge in [-0.25, -0.2) is 8.42 Å². The fourth-order valence-electron chi connectivity index (χ4n) is 2.39. The highest BCUT2D eigenvalue weighted by Crippen LogP contribution is 2.19. The zero-order chi connectivity index (χ0) is 14.4. The first-order chi connectivity index (χ1) is 9.62. The summed E-state index contributed by atoms with van der Waals surface area (Å²) in [4.78, 5) is 0. The zero-order valence-corrected chi connectivity index (χ0v) is 12.8. The van der Waals surface area contributed by atoms with Crippen LogP contribution in [-0.2, 0) is 16.4 Å². The van der Waals surface area contributed by atoms with Gasteiger partial charge in [-0.1, -0.05) is 19.1 Å². The molecular weight excluding hydrogens is 274 g/mol. The molecule has 1 unspecified atom stereocenters. The smallest absolute Gasteiger partial charge is 0.154 e. The van der Waals surface area contributed by atoms with Crippen LogP contribution in [0.3, 0.4) is 0 Å². The molecule has 0 spiro atoms. The van der Waals surface area contributed by atoms with E-state index in [1.54, 1.807) is 0 Å². The van der Waals surface area contributed by atoms with Gasteiger partial charge in [-0.05, 0) is 37.0 Å². The predicted molar refractivity (Wildman–Crippen MR) is 80.7 cm³/mol. The molecule has 0 saturated carbocycles. The standard InChI is InChI=1S/C15H23NO3S/c1-2-9-19-14-7-5-13(6-8-14)11-16-12-15-4-3-10-20(15,17)18/h5-8,15-16H,2-4,9-12H2,1H3. The van der Waals surface area contributed by atoms with Crippen LogP contribution in [0.15, 0.2) is 24.3 Å². The number of nitrogens with one attached hydrogen (secondary N) is 1. The van der Waals surface area contributed by atoms with Gasteiger partial charge in [0, 0.05) is 13.1 Å². The molecule has 0 amide bonds. The van der Waals surface area contributed by atoms with Gasteiger partial charge < -0.3 is 10.1 Å². The van der Waals surface area contributed by atoms with E-state index in [1.165, 1.54) is 0 Å². The van der Waals surface area contributed by atoms with E-state index in [0.29, 0.717) is 18.8 Å². The molecule has 1 aromatic carbocycles. The Bertz CT molecular complexity index is 510. The number of benzene rings is 1. The van der Waals surface area contributed by atoms with Crippen LogP contribution in [0.4, 0.5) is 0 Å². The van der Waals surface area contributed by atoms with Gasteiger partial charge in [-0.3, -0.25) is 0 Å². The highest BCUT2D eigenvalue weighted by molar-refractivity contribution is 7.92. The molecule has 0 radical (unpaired) electrons. The fraction of sp³-hybridized carbons (Fsp3) is 0.600. The highest BCUT2D eigenvalue weighted by atomic mass is 32.2. The van der Waals surface area contributed by atoms with Crippen LogP contribution in [0.5, 0.6) is 5.75 Å². The number of sulfone groups is 1. The number of ether oxygens (including phenoxy) is 1. The molecule has 0 aliphatic carbocycles. The van der Waals surface area contributed by atoms with Crippen molar-refractivity contribution in [1.29, 1.82) is 0 Å². The van der Waals surface area contributed by atoms with Gasteiger partial charge >= 0.3 is 0 Å². The van der Waals surface area contributed by atoms with E-state index in [1.807, 2.05) is 24.3 Å². The summed E-state index contributed by atoms with van der Waals surface area (Å²) in [7, 11) is -2.84. The summed E-state index contributed by atoms with van der Waals surface area (Å²) in [5.41, 5.74) is 1.14. The van der Waals surface area contributed by atoms with Crippen molar-refractivity contribution in [2.45, 2.75) is 38.0 Å². The van der Waals surface area contributed by atoms with Gasteiger partial charge in [0.05, 0.1) is 17.6 Å². The summed E-state index contributed by atoms with van der Waals surface area (Å²) in [5.74, 6) is 1.23. The molecule has 1 fully saturated rings. The fourth-order valence-corrected chi connectivity index (χ4v) is 4.19. The zero-order valence-electron chi connectivity index (χ0n) is 12.0. The van der Waals surface area contributed by atoms with Crippen molar-refractivity contribution in [1.82, 2.24) is 5.32 Å².